The van der Waals surface area contributed by atoms with Crippen LogP contribution in [-0.2, 0) is 12.8 Å². The van der Waals surface area contributed by atoms with Crippen LogP contribution in [0.25, 0.3) is 0 Å². The number of hydrogen-bond acceptors (Lipinski definition) is 2. The van der Waals surface area contributed by atoms with Crippen molar-refractivity contribution in [3.63, 3.8) is 0 Å². The van der Waals surface area contributed by atoms with Gasteiger partial charge in [0, 0.05) is 17.9 Å². The van der Waals surface area contributed by atoms with Crippen molar-refractivity contribution in [1.82, 2.24) is 4.90 Å². The van der Waals surface area contributed by atoms with Crippen LogP contribution in [0.5, 0.6) is 0 Å². The molecule has 0 amide bonds. The zero-order valence-electron chi connectivity index (χ0n) is 15.0. The maximum atomic E-state index is 2.52. The zero-order chi connectivity index (χ0) is 16.7. The van der Waals surface area contributed by atoms with Crippen LogP contribution < -0.4 is 4.90 Å². The first-order valence-corrected chi connectivity index (χ1v) is 8.84. The van der Waals surface area contributed by atoms with E-state index in [9.17, 15) is 0 Å². The molecule has 0 radical (unpaired) electrons. The minimum Gasteiger partial charge on any atom is -0.341 e. The Kier molecular flexibility index (Phi) is 6.66. The summed E-state index contributed by atoms with van der Waals surface area (Å²) in [6, 6.07) is 17.7. The molecule has 2 aromatic carbocycles. The van der Waals surface area contributed by atoms with Crippen molar-refractivity contribution in [2.24, 2.45) is 0 Å². The molecule has 2 nitrogen and oxygen atoms in total. The number of rotatable bonds is 4. The Bertz CT molecular complexity index is 557. The molecule has 1 heterocycles. The van der Waals surface area contributed by atoms with Gasteiger partial charge in [-0.2, -0.15) is 0 Å². The second-order valence-electron chi connectivity index (χ2n) is 6.07. The minimum atomic E-state index is 1.08. The van der Waals surface area contributed by atoms with Gasteiger partial charge in [0.2, 0.25) is 0 Å². The molecule has 0 saturated heterocycles. The van der Waals surface area contributed by atoms with Gasteiger partial charge in [-0.1, -0.05) is 50.2 Å². The lowest BCUT2D eigenvalue weighted by Crippen LogP contribution is -2.23. The smallest absolute Gasteiger partial charge is 0.0443 e. The molecule has 0 unspecified atom stereocenters. The standard InChI is InChI=1S/C19H24N2.C2H6/c1-20(2)14-7-15-21-18-10-5-3-8-16(18)12-13-17-9-4-6-11-19(17)21;1-2/h3-6,8-11H,7,12-15H2,1-2H3;1-2H3. The topological polar surface area (TPSA) is 6.48 Å². The van der Waals surface area contributed by atoms with Gasteiger partial charge in [0.05, 0.1) is 0 Å². The largest absolute Gasteiger partial charge is 0.341 e. The number of fused-ring (bicyclic) bond motifs is 2. The predicted molar refractivity (Wildman–Crippen MR) is 102 cm³/mol. The highest BCUT2D eigenvalue weighted by Crippen LogP contribution is 2.35. The summed E-state index contributed by atoms with van der Waals surface area (Å²) < 4.78 is 0. The van der Waals surface area contributed by atoms with E-state index in [1.165, 1.54) is 28.9 Å². The van der Waals surface area contributed by atoms with Crippen molar-refractivity contribution in [2.45, 2.75) is 33.1 Å². The highest BCUT2D eigenvalue weighted by Gasteiger charge is 2.19. The van der Waals surface area contributed by atoms with Crippen LogP contribution in [0.4, 0.5) is 11.4 Å². The summed E-state index contributed by atoms with van der Waals surface area (Å²) in [6.07, 6.45) is 3.45. The van der Waals surface area contributed by atoms with Crippen LogP contribution in [0.3, 0.4) is 0 Å². The molecule has 0 fully saturated rings. The summed E-state index contributed by atoms with van der Waals surface area (Å²) in [4.78, 5) is 4.77. The molecule has 0 aromatic heterocycles. The molecular weight excluding hydrogens is 280 g/mol. The Balaban J connectivity index is 0.000000924. The molecule has 0 bridgehead atoms. The quantitative estimate of drug-likeness (QED) is 0.792. The van der Waals surface area contributed by atoms with Crippen molar-refractivity contribution in [3.05, 3.63) is 59.7 Å². The fraction of sp³-hybridized carbons (Fsp3) is 0.429. The van der Waals surface area contributed by atoms with Gasteiger partial charge in [-0.3, -0.25) is 0 Å². The molecule has 0 atom stereocenters. The number of hydrogen-bond donors (Lipinski definition) is 0. The van der Waals surface area contributed by atoms with E-state index in [2.05, 4.69) is 72.4 Å². The number of nitrogens with zero attached hydrogens (tertiary/aromatic N) is 2. The molecule has 0 aliphatic carbocycles. The SMILES string of the molecule is CC.CN(C)CCCN1c2ccccc2CCc2ccccc21. The van der Waals surface area contributed by atoms with E-state index < -0.39 is 0 Å². The van der Waals surface area contributed by atoms with Gasteiger partial charge in [0.15, 0.2) is 0 Å². The Morgan fingerprint density at radius 2 is 1.30 bits per heavy atom. The van der Waals surface area contributed by atoms with Gasteiger partial charge in [0.1, 0.15) is 0 Å². The monoisotopic (exact) mass is 310 g/mol. The summed E-state index contributed by atoms with van der Waals surface area (Å²) >= 11 is 0. The zero-order valence-corrected chi connectivity index (χ0v) is 15.0. The Morgan fingerprint density at radius 1 is 0.826 bits per heavy atom. The number of aryl methyl sites for hydroxylation is 2. The first kappa shape index (κ1) is 17.6. The first-order chi connectivity index (χ1) is 11.3. The summed E-state index contributed by atoms with van der Waals surface area (Å²) in [6.45, 7) is 6.20. The molecule has 3 rings (SSSR count). The molecule has 1 aliphatic rings. The van der Waals surface area contributed by atoms with E-state index in [-0.39, 0.29) is 0 Å². The second kappa shape index (κ2) is 8.73. The average Bonchev–Trinajstić information content (AvgIpc) is 2.74. The summed E-state index contributed by atoms with van der Waals surface area (Å²) in [5.74, 6) is 0. The van der Waals surface area contributed by atoms with Gasteiger partial charge in [0.25, 0.3) is 0 Å². The molecular formula is C21H30N2. The van der Waals surface area contributed by atoms with E-state index in [1.807, 2.05) is 13.8 Å². The second-order valence-corrected chi connectivity index (χ2v) is 6.07. The van der Waals surface area contributed by atoms with Crippen molar-refractivity contribution in [3.8, 4) is 0 Å². The maximum absolute atomic E-state index is 2.52. The summed E-state index contributed by atoms with van der Waals surface area (Å²) in [5.41, 5.74) is 5.72. The Morgan fingerprint density at radius 3 is 1.78 bits per heavy atom. The maximum Gasteiger partial charge on any atom is 0.0443 e. The fourth-order valence-electron chi connectivity index (χ4n) is 3.16. The minimum absolute atomic E-state index is 1.08. The third kappa shape index (κ3) is 4.35. The molecule has 0 N–H and O–H groups in total. The van der Waals surface area contributed by atoms with Gasteiger partial charge < -0.3 is 9.80 Å². The molecule has 0 saturated carbocycles. The van der Waals surface area contributed by atoms with Crippen LogP contribution in [0.2, 0.25) is 0 Å². The number of anilines is 2. The van der Waals surface area contributed by atoms with E-state index in [4.69, 9.17) is 0 Å². The lowest BCUT2D eigenvalue weighted by Gasteiger charge is -2.27. The van der Waals surface area contributed by atoms with Crippen molar-refractivity contribution < 1.29 is 0 Å². The van der Waals surface area contributed by atoms with Gasteiger partial charge in [-0.15, -0.1) is 0 Å². The fourth-order valence-corrected chi connectivity index (χ4v) is 3.16. The van der Waals surface area contributed by atoms with Crippen molar-refractivity contribution in [2.75, 3.05) is 32.1 Å². The number of para-hydroxylation sites is 2. The number of benzene rings is 2. The molecule has 2 heteroatoms. The highest BCUT2D eigenvalue weighted by atomic mass is 15.1. The van der Waals surface area contributed by atoms with Crippen LogP contribution in [0.1, 0.15) is 31.4 Å². The van der Waals surface area contributed by atoms with E-state index in [1.54, 1.807) is 0 Å². The van der Waals surface area contributed by atoms with Gasteiger partial charge in [-0.05, 0) is 63.2 Å². The Labute approximate surface area is 141 Å². The van der Waals surface area contributed by atoms with E-state index in [0.717, 1.165) is 25.9 Å². The lowest BCUT2D eigenvalue weighted by atomic mass is 10.0. The summed E-state index contributed by atoms with van der Waals surface area (Å²) in [7, 11) is 4.29. The molecule has 0 spiro atoms. The van der Waals surface area contributed by atoms with Gasteiger partial charge in [-0.25, -0.2) is 0 Å². The molecule has 1 aliphatic heterocycles. The van der Waals surface area contributed by atoms with Crippen LogP contribution in [0.15, 0.2) is 48.5 Å². The highest BCUT2D eigenvalue weighted by molar-refractivity contribution is 5.71. The third-order valence-electron chi connectivity index (χ3n) is 4.22. The Hall–Kier alpha value is -1.80. The molecule has 124 valence electrons. The first-order valence-electron chi connectivity index (χ1n) is 8.84. The predicted octanol–water partition coefficient (Wildman–Crippen LogP) is 4.90. The average molecular weight is 310 g/mol. The van der Waals surface area contributed by atoms with Crippen LogP contribution >= 0.6 is 0 Å². The summed E-state index contributed by atoms with van der Waals surface area (Å²) in [5, 5.41) is 0. The lowest BCUT2D eigenvalue weighted by molar-refractivity contribution is 0.402. The van der Waals surface area contributed by atoms with Crippen molar-refractivity contribution in [1.29, 1.82) is 0 Å². The molecule has 23 heavy (non-hydrogen) atoms. The van der Waals surface area contributed by atoms with Crippen LogP contribution in [0, 0.1) is 0 Å². The molecule has 2 aromatic rings. The normalized spacial score (nSPS) is 12.8. The van der Waals surface area contributed by atoms with E-state index >= 15 is 0 Å². The third-order valence-corrected chi connectivity index (χ3v) is 4.22. The van der Waals surface area contributed by atoms with Crippen molar-refractivity contribution >= 4 is 11.4 Å². The van der Waals surface area contributed by atoms with Gasteiger partial charge >= 0.3 is 0 Å². The van der Waals surface area contributed by atoms with E-state index in [0.29, 0.717) is 0 Å². The van der Waals surface area contributed by atoms with Crippen LogP contribution in [-0.4, -0.2) is 32.1 Å².